The molecule has 0 saturated heterocycles. The fourth-order valence-corrected chi connectivity index (χ4v) is 1.76. The van der Waals surface area contributed by atoms with Crippen LogP contribution in [0, 0.1) is 0 Å². The third-order valence-corrected chi connectivity index (χ3v) is 2.97. The van der Waals surface area contributed by atoms with Gasteiger partial charge in [-0.1, -0.05) is 54.6 Å². The average Bonchev–Trinajstić information content (AvgIpc) is 2.39. The van der Waals surface area contributed by atoms with Gasteiger partial charge in [-0.2, -0.15) is 0 Å². The zero-order valence-electron chi connectivity index (χ0n) is 9.01. The van der Waals surface area contributed by atoms with E-state index in [1.807, 2.05) is 42.5 Å². The van der Waals surface area contributed by atoms with Gasteiger partial charge >= 0.3 is 5.97 Å². The van der Waals surface area contributed by atoms with E-state index >= 15 is 0 Å². The number of alkyl halides is 1. The van der Waals surface area contributed by atoms with Crippen LogP contribution in [0.25, 0.3) is 11.1 Å². The second-order valence-corrected chi connectivity index (χ2v) is 4.13. The summed E-state index contributed by atoms with van der Waals surface area (Å²) in [5, 5.41) is 7.80. The first kappa shape index (κ1) is 11.7. The van der Waals surface area contributed by atoms with Gasteiger partial charge in [-0.3, -0.25) is 4.79 Å². The highest BCUT2D eigenvalue weighted by Crippen LogP contribution is 2.24. The highest BCUT2D eigenvalue weighted by molar-refractivity contribution is 6.29. The Balaban J connectivity index is 2.28. The number of hydrogen-bond acceptors (Lipinski definition) is 1. The quantitative estimate of drug-likeness (QED) is 0.838. The summed E-state index contributed by atoms with van der Waals surface area (Å²) in [6.45, 7) is 0. The Labute approximate surface area is 104 Å². The molecule has 2 rings (SSSR count). The van der Waals surface area contributed by atoms with Gasteiger partial charge in [-0.15, -0.1) is 11.6 Å². The minimum Gasteiger partial charge on any atom is -0.480 e. The van der Waals surface area contributed by atoms with Crippen LogP contribution in [0.1, 0.15) is 10.9 Å². The van der Waals surface area contributed by atoms with Crippen molar-refractivity contribution in [2.45, 2.75) is 5.38 Å². The summed E-state index contributed by atoms with van der Waals surface area (Å²) in [5.41, 5.74) is 2.74. The second kappa shape index (κ2) is 5.02. The molecule has 2 aromatic rings. The van der Waals surface area contributed by atoms with Crippen LogP contribution < -0.4 is 0 Å². The molecule has 3 heteroatoms. The highest BCUT2D eigenvalue weighted by Gasteiger charge is 2.15. The van der Waals surface area contributed by atoms with Gasteiger partial charge in [0.2, 0.25) is 0 Å². The SMILES string of the molecule is O=C(O)C(Cl)c1ccc(-c2ccccc2)cc1. The molecule has 0 heterocycles. The third-order valence-electron chi connectivity index (χ3n) is 2.53. The molecule has 2 aromatic carbocycles. The number of aliphatic carboxylic acids is 1. The van der Waals surface area contributed by atoms with Gasteiger partial charge in [0, 0.05) is 0 Å². The molecule has 0 aliphatic heterocycles. The van der Waals surface area contributed by atoms with Crippen molar-refractivity contribution in [3.63, 3.8) is 0 Å². The topological polar surface area (TPSA) is 37.3 Å². The number of rotatable bonds is 3. The lowest BCUT2D eigenvalue weighted by molar-refractivity contribution is -0.136. The lowest BCUT2D eigenvalue weighted by atomic mass is 10.0. The fraction of sp³-hybridized carbons (Fsp3) is 0.0714. The number of halogens is 1. The monoisotopic (exact) mass is 246 g/mol. The molecule has 0 aliphatic rings. The van der Waals surface area contributed by atoms with Crippen LogP contribution in [0.3, 0.4) is 0 Å². The smallest absolute Gasteiger partial charge is 0.326 e. The minimum absolute atomic E-state index is 0.596. The lowest BCUT2D eigenvalue weighted by Gasteiger charge is -2.06. The maximum absolute atomic E-state index is 10.7. The predicted molar refractivity (Wildman–Crippen MR) is 68.1 cm³/mol. The van der Waals surface area contributed by atoms with E-state index in [9.17, 15) is 4.79 Å². The van der Waals surface area contributed by atoms with Crippen LogP contribution in [-0.2, 0) is 4.79 Å². The van der Waals surface area contributed by atoms with Gasteiger partial charge in [0.25, 0.3) is 0 Å². The van der Waals surface area contributed by atoms with Crippen LogP contribution in [0.4, 0.5) is 0 Å². The summed E-state index contributed by atoms with van der Waals surface area (Å²) < 4.78 is 0. The van der Waals surface area contributed by atoms with E-state index in [1.165, 1.54) is 0 Å². The average molecular weight is 247 g/mol. The van der Waals surface area contributed by atoms with Crippen molar-refractivity contribution >= 4 is 17.6 Å². The van der Waals surface area contributed by atoms with Crippen LogP contribution in [0.15, 0.2) is 54.6 Å². The van der Waals surface area contributed by atoms with Crippen molar-refractivity contribution in [2.24, 2.45) is 0 Å². The van der Waals surface area contributed by atoms with Crippen molar-refractivity contribution in [1.29, 1.82) is 0 Å². The Kier molecular flexibility index (Phi) is 3.45. The number of carbonyl (C=O) groups is 1. The van der Waals surface area contributed by atoms with Gasteiger partial charge in [-0.25, -0.2) is 0 Å². The van der Waals surface area contributed by atoms with Gasteiger partial charge in [0.15, 0.2) is 5.38 Å². The molecule has 0 spiro atoms. The Morgan fingerprint density at radius 2 is 1.47 bits per heavy atom. The van der Waals surface area contributed by atoms with E-state index in [-0.39, 0.29) is 0 Å². The van der Waals surface area contributed by atoms with Crippen molar-refractivity contribution in [2.75, 3.05) is 0 Å². The molecule has 0 bridgehead atoms. The normalized spacial score (nSPS) is 12.1. The van der Waals surface area contributed by atoms with Crippen LogP contribution in [-0.4, -0.2) is 11.1 Å². The van der Waals surface area contributed by atoms with Crippen LogP contribution in [0.2, 0.25) is 0 Å². The summed E-state index contributed by atoms with van der Waals surface area (Å²) >= 11 is 5.74. The summed E-state index contributed by atoms with van der Waals surface area (Å²) in [4.78, 5) is 10.7. The number of carboxylic acid groups (broad SMARTS) is 1. The Bertz CT molecular complexity index is 506. The summed E-state index contributed by atoms with van der Waals surface area (Å²) in [6, 6.07) is 17.1. The van der Waals surface area contributed by atoms with Gasteiger partial charge in [-0.05, 0) is 16.7 Å². The molecule has 2 nitrogen and oxygen atoms in total. The molecule has 0 aliphatic carbocycles. The molecule has 86 valence electrons. The molecule has 0 fully saturated rings. The van der Waals surface area contributed by atoms with Crippen molar-refractivity contribution in [1.82, 2.24) is 0 Å². The summed E-state index contributed by atoms with van der Waals surface area (Å²) in [6.07, 6.45) is 0. The van der Waals surface area contributed by atoms with E-state index in [2.05, 4.69) is 0 Å². The first-order valence-corrected chi connectivity index (χ1v) is 5.64. The largest absolute Gasteiger partial charge is 0.480 e. The zero-order chi connectivity index (χ0) is 12.3. The van der Waals surface area contributed by atoms with E-state index in [4.69, 9.17) is 16.7 Å². The summed E-state index contributed by atoms with van der Waals surface area (Å²) in [7, 11) is 0. The Morgan fingerprint density at radius 3 is 2.00 bits per heavy atom. The van der Waals surface area contributed by atoms with Gasteiger partial charge in [0.05, 0.1) is 0 Å². The van der Waals surface area contributed by atoms with E-state index in [1.54, 1.807) is 12.1 Å². The zero-order valence-corrected chi connectivity index (χ0v) is 9.76. The maximum Gasteiger partial charge on any atom is 0.326 e. The number of hydrogen-bond donors (Lipinski definition) is 1. The molecular weight excluding hydrogens is 236 g/mol. The molecule has 0 radical (unpaired) electrons. The second-order valence-electron chi connectivity index (χ2n) is 3.69. The summed E-state index contributed by atoms with van der Waals surface area (Å²) in [5.74, 6) is -1.03. The molecule has 17 heavy (non-hydrogen) atoms. The molecule has 0 amide bonds. The third kappa shape index (κ3) is 2.66. The molecule has 1 atom stereocenters. The Hall–Kier alpha value is -1.80. The van der Waals surface area contributed by atoms with E-state index in [0.29, 0.717) is 5.56 Å². The first-order chi connectivity index (χ1) is 8.18. The maximum atomic E-state index is 10.7. The molecule has 0 saturated carbocycles. The Morgan fingerprint density at radius 1 is 0.941 bits per heavy atom. The van der Waals surface area contributed by atoms with Crippen LogP contribution >= 0.6 is 11.6 Å². The fourth-order valence-electron chi connectivity index (χ4n) is 1.62. The van der Waals surface area contributed by atoms with Gasteiger partial charge < -0.3 is 5.11 Å². The van der Waals surface area contributed by atoms with E-state index < -0.39 is 11.3 Å². The molecular formula is C14H11ClO2. The first-order valence-electron chi connectivity index (χ1n) is 5.21. The predicted octanol–water partition coefficient (Wildman–Crippen LogP) is 3.72. The molecule has 1 unspecified atom stereocenters. The molecule has 1 N–H and O–H groups in total. The van der Waals surface area contributed by atoms with Crippen LogP contribution in [0.5, 0.6) is 0 Å². The highest BCUT2D eigenvalue weighted by atomic mass is 35.5. The molecule has 0 aromatic heterocycles. The minimum atomic E-state index is -1.03. The number of benzene rings is 2. The standard InChI is InChI=1S/C14H11ClO2/c15-13(14(16)17)12-8-6-11(7-9-12)10-4-2-1-3-5-10/h1-9,13H,(H,16,17). The van der Waals surface area contributed by atoms with Crippen molar-refractivity contribution in [3.8, 4) is 11.1 Å². The van der Waals surface area contributed by atoms with Gasteiger partial charge in [0.1, 0.15) is 0 Å². The van der Waals surface area contributed by atoms with Crippen molar-refractivity contribution in [3.05, 3.63) is 60.2 Å². The lowest BCUT2D eigenvalue weighted by Crippen LogP contribution is -2.04. The van der Waals surface area contributed by atoms with Crippen molar-refractivity contribution < 1.29 is 9.90 Å². The number of carboxylic acids is 1. The van der Waals surface area contributed by atoms with E-state index in [0.717, 1.165) is 11.1 Å².